The molecule has 2 bridgehead atoms. The van der Waals surface area contributed by atoms with E-state index in [0.29, 0.717) is 18.2 Å². The third-order valence-corrected chi connectivity index (χ3v) is 6.65. The Labute approximate surface area is 158 Å². The summed E-state index contributed by atoms with van der Waals surface area (Å²) in [6, 6.07) is -0.165. The maximum absolute atomic E-state index is 15.1. The monoisotopic (exact) mass is 381 g/mol. The lowest BCUT2D eigenvalue weighted by atomic mass is 9.61. The molecule has 0 aromatic carbocycles. The van der Waals surface area contributed by atoms with Gasteiger partial charge in [0.1, 0.15) is 0 Å². The van der Waals surface area contributed by atoms with Gasteiger partial charge in [0.05, 0.1) is 18.2 Å². The van der Waals surface area contributed by atoms with Crippen molar-refractivity contribution in [3.05, 3.63) is 16.8 Å². The van der Waals surface area contributed by atoms with Gasteiger partial charge in [0, 0.05) is 11.5 Å². The molecule has 1 aromatic heterocycles. The van der Waals surface area contributed by atoms with Crippen molar-refractivity contribution in [2.75, 3.05) is 11.9 Å². The molecular formula is C19H25ClFN3O2. The van der Waals surface area contributed by atoms with E-state index in [1.54, 1.807) is 0 Å². The molecule has 5 nitrogen and oxygen atoms in total. The summed E-state index contributed by atoms with van der Waals surface area (Å²) in [4.78, 5) is 20.8. The zero-order valence-electron chi connectivity index (χ0n) is 15.2. The quantitative estimate of drug-likeness (QED) is 0.614. The molecule has 4 saturated carbocycles. The van der Waals surface area contributed by atoms with Crippen molar-refractivity contribution in [2.24, 2.45) is 17.8 Å². The first-order chi connectivity index (χ1) is 12.4. The van der Waals surface area contributed by atoms with Gasteiger partial charge in [0.15, 0.2) is 11.6 Å². The Morgan fingerprint density at radius 2 is 1.92 bits per heavy atom. The van der Waals surface area contributed by atoms with E-state index in [2.05, 4.69) is 15.3 Å². The van der Waals surface area contributed by atoms with Gasteiger partial charge < -0.3 is 10.1 Å². The number of nitrogens with zero attached hydrogens (tertiary/aromatic N) is 2. The van der Waals surface area contributed by atoms with Crippen LogP contribution in [0, 0.1) is 23.6 Å². The molecule has 4 fully saturated rings. The summed E-state index contributed by atoms with van der Waals surface area (Å²) in [7, 11) is 0. The summed E-state index contributed by atoms with van der Waals surface area (Å²) in [6.07, 6.45) is 5.95. The zero-order chi connectivity index (χ0) is 18.5. The van der Waals surface area contributed by atoms with Crippen molar-refractivity contribution < 1.29 is 13.9 Å². The minimum atomic E-state index is -0.432. The van der Waals surface area contributed by atoms with Crippen molar-refractivity contribution in [3.63, 3.8) is 0 Å². The highest BCUT2D eigenvalue weighted by atomic mass is 35.5. The lowest BCUT2D eigenvalue weighted by Crippen LogP contribution is -2.52. The second-order valence-electron chi connectivity index (χ2n) is 8.19. The van der Waals surface area contributed by atoms with Crippen LogP contribution in [0.5, 0.6) is 0 Å². The highest BCUT2D eigenvalue weighted by Crippen LogP contribution is 2.50. The van der Waals surface area contributed by atoms with Gasteiger partial charge in [0.25, 0.3) is 0 Å². The summed E-state index contributed by atoms with van der Waals surface area (Å²) in [5.74, 6) is -0.136. The van der Waals surface area contributed by atoms with Gasteiger partial charge in [-0.25, -0.2) is 9.37 Å². The van der Waals surface area contributed by atoms with E-state index in [1.807, 2.05) is 13.8 Å². The van der Waals surface area contributed by atoms with Crippen molar-refractivity contribution in [1.82, 2.24) is 9.97 Å². The first-order valence-electron chi connectivity index (χ1n) is 9.59. The highest BCUT2D eigenvalue weighted by Gasteiger charge is 2.49. The molecule has 5 rings (SSSR count). The van der Waals surface area contributed by atoms with Gasteiger partial charge in [0.2, 0.25) is 5.28 Å². The van der Waals surface area contributed by atoms with Crippen LogP contribution in [-0.2, 0) is 14.9 Å². The first-order valence-corrected chi connectivity index (χ1v) is 9.97. The Morgan fingerprint density at radius 1 is 1.27 bits per heavy atom. The summed E-state index contributed by atoms with van der Waals surface area (Å²) >= 11 is 6.08. The van der Waals surface area contributed by atoms with E-state index in [1.165, 1.54) is 0 Å². The topological polar surface area (TPSA) is 64.1 Å². The number of rotatable bonds is 5. The number of ether oxygens (including phenoxy) is 1. The molecule has 0 unspecified atom stereocenters. The van der Waals surface area contributed by atoms with E-state index >= 15 is 4.39 Å². The Hall–Kier alpha value is -1.43. The Kier molecular flexibility index (Phi) is 4.58. The maximum atomic E-state index is 15.1. The second-order valence-corrected chi connectivity index (χ2v) is 8.53. The smallest absolute Gasteiger partial charge is 0.311 e. The third-order valence-electron chi connectivity index (χ3n) is 6.48. The number of carbonyl (C=O) groups is 1. The summed E-state index contributed by atoms with van der Waals surface area (Å²) in [6.45, 7) is 4.16. The zero-order valence-corrected chi connectivity index (χ0v) is 16.0. The largest absolute Gasteiger partial charge is 0.466 e. The second kappa shape index (κ2) is 6.63. The van der Waals surface area contributed by atoms with Crippen LogP contribution in [0.25, 0.3) is 0 Å². The summed E-state index contributed by atoms with van der Waals surface area (Å²) in [5.41, 5.74) is 0.132. The van der Waals surface area contributed by atoms with Crippen molar-refractivity contribution in [3.8, 4) is 0 Å². The Morgan fingerprint density at radius 3 is 2.54 bits per heavy atom. The molecule has 4 aliphatic rings. The first kappa shape index (κ1) is 18.0. The molecule has 142 valence electrons. The number of hydrogen-bond donors (Lipinski definition) is 1. The van der Waals surface area contributed by atoms with E-state index < -0.39 is 5.82 Å². The van der Waals surface area contributed by atoms with Crippen LogP contribution in [-0.4, -0.2) is 28.6 Å². The minimum Gasteiger partial charge on any atom is -0.466 e. The molecule has 7 heteroatoms. The van der Waals surface area contributed by atoms with Crippen molar-refractivity contribution >= 4 is 23.4 Å². The van der Waals surface area contributed by atoms with E-state index in [4.69, 9.17) is 16.3 Å². The number of anilines is 1. The predicted molar refractivity (Wildman–Crippen MR) is 96.6 cm³/mol. The fourth-order valence-corrected chi connectivity index (χ4v) is 4.90. The highest BCUT2D eigenvalue weighted by molar-refractivity contribution is 6.28. The van der Waals surface area contributed by atoms with E-state index in [0.717, 1.165) is 38.5 Å². The fraction of sp³-hybridized carbons (Fsp3) is 0.737. The van der Waals surface area contributed by atoms with Gasteiger partial charge in [-0.15, -0.1) is 0 Å². The molecule has 4 aliphatic carbocycles. The van der Waals surface area contributed by atoms with Crippen LogP contribution in [0.2, 0.25) is 5.28 Å². The predicted octanol–water partition coefficient (Wildman–Crippen LogP) is 4.10. The molecule has 26 heavy (non-hydrogen) atoms. The summed E-state index contributed by atoms with van der Waals surface area (Å²) in [5, 5.41) is 3.29. The third kappa shape index (κ3) is 3.06. The molecule has 0 amide bonds. The molecule has 1 N–H and O–H groups in total. The van der Waals surface area contributed by atoms with Gasteiger partial charge in [-0.2, -0.15) is 4.98 Å². The minimum absolute atomic E-state index is 0.0469. The number of esters is 1. The fourth-order valence-electron chi connectivity index (χ4n) is 4.73. The van der Waals surface area contributed by atoms with Gasteiger partial charge in [-0.3, -0.25) is 4.79 Å². The summed E-state index contributed by atoms with van der Waals surface area (Å²) < 4.78 is 20.4. The number of halogens is 2. The maximum Gasteiger partial charge on any atom is 0.311 e. The van der Waals surface area contributed by atoms with Crippen LogP contribution in [0.1, 0.15) is 58.1 Å². The Balaban J connectivity index is 1.65. The molecule has 0 spiro atoms. The lowest BCUT2D eigenvalue weighted by molar-refractivity contribution is -0.154. The number of hydrogen-bond acceptors (Lipinski definition) is 5. The lowest BCUT2D eigenvalue weighted by Gasteiger charge is -2.47. The van der Waals surface area contributed by atoms with Crippen molar-refractivity contribution in [1.29, 1.82) is 0 Å². The molecule has 0 radical (unpaired) electrons. The molecule has 0 aliphatic heterocycles. The van der Waals surface area contributed by atoms with E-state index in [-0.39, 0.29) is 40.4 Å². The molecule has 1 heterocycles. The number of aromatic nitrogens is 2. The van der Waals surface area contributed by atoms with Crippen LogP contribution in [0.3, 0.4) is 0 Å². The molecule has 1 aromatic rings. The standard InChI is InChI=1S/C19H25ClFN3O2/c1-3-26-17(25)12-10-4-6-11(7-5-10)14(12)22-16-13(21)15(19(2)8-9-19)23-18(20)24-16/h10-12,14H,3-9H2,1-2H3,(H,22,23,24)/t10?,11?,12-,14-/m0/s1. The SMILES string of the molecule is CCOC(=O)[C@H]1C2CCC(CC2)[C@@H]1Nc1nc(Cl)nc(C2(C)CC2)c1F. The molecule has 2 atom stereocenters. The Bertz CT molecular complexity index is 717. The molecular weight excluding hydrogens is 357 g/mol. The average molecular weight is 382 g/mol. The van der Waals surface area contributed by atoms with Crippen LogP contribution < -0.4 is 5.32 Å². The normalized spacial score (nSPS) is 31.5. The van der Waals surface area contributed by atoms with Crippen LogP contribution in [0.15, 0.2) is 0 Å². The van der Waals surface area contributed by atoms with E-state index in [9.17, 15) is 4.79 Å². The van der Waals surface area contributed by atoms with Gasteiger partial charge >= 0.3 is 5.97 Å². The molecule has 0 saturated heterocycles. The van der Waals surface area contributed by atoms with Gasteiger partial charge in [-0.05, 0) is 68.9 Å². The average Bonchev–Trinajstić information content (AvgIpc) is 3.37. The number of nitrogens with one attached hydrogen (secondary N) is 1. The van der Waals surface area contributed by atoms with Gasteiger partial charge in [-0.1, -0.05) is 6.92 Å². The number of fused-ring (bicyclic) bond motifs is 3. The van der Waals surface area contributed by atoms with Crippen LogP contribution in [0.4, 0.5) is 10.2 Å². The number of carbonyl (C=O) groups excluding carboxylic acids is 1. The van der Waals surface area contributed by atoms with Crippen LogP contribution >= 0.6 is 11.6 Å². The van der Waals surface area contributed by atoms with Crippen molar-refractivity contribution in [2.45, 2.75) is 63.8 Å².